The third-order valence-corrected chi connectivity index (χ3v) is 2.68. The van der Waals surface area contributed by atoms with Gasteiger partial charge in [0.15, 0.2) is 0 Å². The number of carboxylic acid groups (broad SMARTS) is 1. The molecule has 0 bridgehead atoms. The van der Waals surface area contributed by atoms with Crippen LogP contribution in [0.3, 0.4) is 0 Å². The summed E-state index contributed by atoms with van der Waals surface area (Å²) in [6, 6.07) is 1.40. The Morgan fingerprint density at radius 3 is 2.82 bits per heavy atom. The molecule has 0 aliphatic heterocycles. The molecule has 5 heteroatoms. The van der Waals surface area contributed by atoms with Crippen molar-refractivity contribution in [3.63, 3.8) is 0 Å². The summed E-state index contributed by atoms with van der Waals surface area (Å²) in [6.07, 6.45) is 2.76. The number of hydrogen-bond donors (Lipinski definition) is 2. The summed E-state index contributed by atoms with van der Waals surface area (Å²) in [4.78, 5) is 11.0. The van der Waals surface area contributed by atoms with Gasteiger partial charge in [0.05, 0.1) is 5.69 Å². The largest absolute Gasteiger partial charge is 0.480 e. The fourth-order valence-corrected chi connectivity index (χ4v) is 1.75. The summed E-state index contributed by atoms with van der Waals surface area (Å²) in [5, 5.41) is 16.3. The summed E-state index contributed by atoms with van der Waals surface area (Å²) in [5.74, 6) is -0.739. The third kappa shape index (κ3) is 3.85. The van der Waals surface area contributed by atoms with Gasteiger partial charge in [0, 0.05) is 19.3 Å². The molecular weight excluding hydrogens is 218 g/mol. The van der Waals surface area contributed by atoms with Crippen LogP contribution in [-0.2, 0) is 17.9 Å². The molecule has 1 atom stereocenters. The van der Waals surface area contributed by atoms with Crippen LogP contribution < -0.4 is 5.32 Å². The summed E-state index contributed by atoms with van der Waals surface area (Å²) in [7, 11) is 0. The fourth-order valence-electron chi connectivity index (χ4n) is 1.75. The molecule has 5 nitrogen and oxygen atoms in total. The number of nitrogens with zero attached hydrogens (tertiary/aromatic N) is 2. The van der Waals surface area contributed by atoms with Gasteiger partial charge in [0.1, 0.15) is 6.04 Å². The van der Waals surface area contributed by atoms with Crippen molar-refractivity contribution >= 4 is 5.97 Å². The predicted octanol–water partition coefficient (Wildman–Crippen LogP) is 1.49. The molecule has 0 saturated carbocycles. The number of aryl methyl sites for hydroxylation is 1. The lowest BCUT2D eigenvalue weighted by Crippen LogP contribution is -2.40. The van der Waals surface area contributed by atoms with Gasteiger partial charge in [-0.3, -0.25) is 14.8 Å². The second-order valence-electron chi connectivity index (χ2n) is 4.49. The molecule has 0 saturated heterocycles. The lowest BCUT2D eigenvalue weighted by atomic mass is 10.0. The Labute approximate surface area is 102 Å². The maximum Gasteiger partial charge on any atom is 0.320 e. The molecule has 1 rings (SSSR count). The monoisotopic (exact) mass is 239 g/mol. The standard InChI is InChI=1S/C12H21N3O2/c1-4-7-15-10(5-6-14-15)8-13-11(9(2)3)12(16)17/h5-6,9,11,13H,4,7-8H2,1-3H3,(H,16,17). The summed E-state index contributed by atoms with van der Waals surface area (Å²) < 4.78 is 1.91. The van der Waals surface area contributed by atoms with Crippen LogP contribution in [0.4, 0.5) is 0 Å². The van der Waals surface area contributed by atoms with Crippen molar-refractivity contribution < 1.29 is 9.90 Å². The maximum absolute atomic E-state index is 11.0. The highest BCUT2D eigenvalue weighted by Crippen LogP contribution is 2.05. The van der Waals surface area contributed by atoms with Crippen molar-refractivity contribution in [1.82, 2.24) is 15.1 Å². The molecule has 1 unspecified atom stereocenters. The van der Waals surface area contributed by atoms with Gasteiger partial charge < -0.3 is 5.11 Å². The van der Waals surface area contributed by atoms with Gasteiger partial charge in [-0.1, -0.05) is 20.8 Å². The second kappa shape index (κ2) is 6.39. The fraction of sp³-hybridized carbons (Fsp3) is 0.667. The first kappa shape index (κ1) is 13.7. The van der Waals surface area contributed by atoms with Crippen molar-refractivity contribution in [2.24, 2.45) is 5.92 Å². The molecule has 96 valence electrons. The van der Waals surface area contributed by atoms with Gasteiger partial charge >= 0.3 is 5.97 Å². The molecule has 1 heterocycles. The molecule has 0 amide bonds. The topological polar surface area (TPSA) is 67.2 Å². The molecule has 1 aromatic heterocycles. The van der Waals surface area contributed by atoms with E-state index in [0.717, 1.165) is 18.7 Å². The molecule has 0 spiro atoms. The highest BCUT2D eigenvalue weighted by atomic mass is 16.4. The quantitative estimate of drug-likeness (QED) is 0.756. The molecular formula is C12H21N3O2. The Kier molecular flexibility index (Phi) is 5.15. The highest BCUT2D eigenvalue weighted by molar-refractivity contribution is 5.73. The predicted molar refractivity (Wildman–Crippen MR) is 65.6 cm³/mol. The average Bonchev–Trinajstić information content (AvgIpc) is 2.65. The van der Waals surface area contributed by atoms with E-state index in [9.17, 15) is 4.79 Å². The van der Waals surface area contributed by atoms with Gasteiger partial charge in [-0.05, 0) is 18.4 Å². The first-order valence-electron chi connectivity index (χ1n) is 6.03. The first-order valence-corrected chi connectivity index (χ1v) is 6.03. The van der Waals surface area contributed by atoms with Crippen LogP contribution in [0.5, 0.6) is 0 Å². The van der Waals surface area contributed by atoms with E-state index in [0.29, 0.717) is 6.54 Å². The Morgan fingerprint density at radius 1 is 1.59 bits per heavy atom. The Balaban J connectivity index is 2.59. The summed E-state index contributed by atoms with van der Waals surface area (Å²) >= 11 is 0. The zero-order chi connectivity index (χ0) is 12.8. The minimum Gasteiger partial charge on any atom is -0.480 e. The van der Waals surface area contributed by atoms with Gasteiger partial charge in [-0.15, -0.1) is 0 Å². The SMILES string of the molecule is CCCn1nccc1CNC(C(=O)O)C(C)C. The van der Waals surface area contributed by atoms with Crippen molar-refractivity contribution in [2.75, 3.05) is 0 Å². The van der Waals surface area contributed by atoms with Crippen LogP contribution >= 0.6 is 0 Å². The van der Waals surface area contributed by atoms with E-state index >= 15 is 0 Å². The Morgan fingerprint density at radius 2 is 2.29 bits per heavy atom. The van der Waals surface area contributed by atoms with Crippen LogP contribution in [0.15, 0.2) is 12.3 Å². The van der Waals surface area contributed by atoms with E-state index < -0.39 is 12.0 Å². The number of nitrogens with one attached hydrogen (secondary N) is 1. The molecule has 0 radical (unpaired) electrons. The zero-order valence-electron chi connectivity index (χ0n) is 10.7. The number of hydrogen-bond acceptors (Lipinski definition) is 3. The van der Waals surface area contributed by atoms with Gasteiger partial charge in [-0.25, -0.2) is 0 Å². The molecule has 0 aromatic carbocycles. The number of carboxylic acids is 1. The molecule has 0 aliphatic carbocycles. The number of carbonyl (C=O) groups is 1. The molecule has 1 aromatic rings. The highest BCUT2D eigenvalue weighted by Gasteiger charge is 2.20. The van der Waals surface area contributed by atoms with Crippen molar-refractivity contribution in [2.45, 2.75) is 46.3 Å². The van der Waals surface area contributed by atoms with E-state index in [1.807, 2.05) is 24.6 Å². The number of rotatable bonds is 7. The van der Waals surface area contributed by atoms with Crippen LogP contribution in [0, 0.1) is 5.92 Å². The van der Waals surface area contributed by atoms with E-state index in [1.165, 1.54) is 0 Å². The molecule has 17 heavy (non-hydrogen) atoms. The van der Waals surface area contributed by atoms with Crippen LogP contribution in [-0.4, -0.2) is 26.9 Å². The van der Waals surface area contributed by atoms with E-state index in [2.05, 4.69) is 17.3 Å². The van der Waals surface area contributed by atoms with Crippen molar-refractivity contribution in [3.05, 3.63) is 18.0 Å². The zero-order valence-corrected chi connectivity index (χ0v) is 10.7. The molecule has 0 aliphatic rings. The minimum atomic E-state index is -0.804. The number of aromatic nitrogens is 2. The van der Waals surface area contributed by atoms with Crippen LogP contribution in [0.25, 0.3) is 0 Å². The number of aliphatic carboxylic acids is 1. The lowest BCUT2D eigenvalue weighted by molar-refractivity contribution is -0.140. The summed E-state index contributed by atoms with van der Waals surface area (Å²) in [6.45, 7) is 7.29. The smallest absolute Gasteiger partial charge is 0.320 e. The van der Waals surface area contributed by atoms with Crippen molar-refractivity contribution in [1.29, 1.82) is 0 Å². The Bertz CT molecular complexity index is 360. The van der Waals surface area contributed by atoms with Gasteiger partial charge in [0.25, 0.3) is 0 Å². The summed E-state index contributed by atoms with van der Waals surface area (Å²) in [5.41, 5.74) is 1.03. The second-order valence-corrected chi connectivity index (χ2v) is 4.49. The van der Waals surface area contributed by atoms with Crippen LogP contribution in [0.1, 0.15) is 32.9 Å². The molecule has 2 N–H and O–H groups in total. The Hall–Kier alpha value is -1.36. The van der Waals surface area contributed by atoms with E-state index in [-0.39, 0.29) is 5.92 Å². The third-order valence-electron chi connectivity index (χ3n) is 2.68. The minimum absolute atomic E-state index is 0.0649. The van der Waals surface area contributed by atoms with Crippen molar-refractivity contribution in [3.8, 4) is 0 Å². The first-order chi connectivity index (χ1) is 8.06. The van der Waals surface area contributed by atoms with Gasteiger partial charge in [0.2, 0.25) is 0 Å². The molecule has 0 fully saturated rings. The van der Waals surface area contributed by atoms with Crippen LogP contribution in [0.2, 0.25) is 0 Å². The van der Waals surface area contributed by atoms with E-state index in [4.69, 9.17) is 5.11 Å². The van der Waals surface area contributed by atoms with E-state index in [1.54, 1.807) is 6.20 Å². The normalized spacial score (nSPS) is 12.9. The van der Waals surface area contributed by atoms with Gasteiger partial charge in [-0.2, -0.15) is 5.10 Å². The lowest BCUT2D eigenvalue weighted by Gasteiger charge is -2.18. The maximum atomic E-state index is 11.0. The average molecular weight is 239 g/mol.